The van der Waals surface area contributed by atoms with Gasteiger partial charge in [-0.1, -0.05) is 6.92 Å². The molecule has 2 atom stereocenters. The van der Waals surface area contributed by atoms with Gasteiger partial charge in [-0.15, -0.1) is 0 Å². The van der Waals surface area contributed by atoms with Crippen LogP contribution in [0.3, 0.4) is 0 Å². The fraction of sp³-hybridized carbons (Fsp3) is 1.00. The third kappa shape index (κ3) is 3.65. The van der Waals surface area contributed by atoms with Crippen molar-refractivity contribution in [2.24, 2.45) is 0 Å². The van der Waals surface area contributed by atoms with Crippen molar-refractivity contribution in [1.82, 2.24) is 10.2 Å². The Morgan fingerprint density at radius 2 is 2.24 bits per heavy atom. The van der Waals surface area contributed by atoms with Gasteiger partial charge in [-0.05, 0) is 26.2 Å². The molecule has 1 saturated heterocycles. The van der Waals surface area contributed by atoms with Gasteiger partial charge in [0.05, 0.1) is 25.4 Å². The molecule has 0 radical (unpaired) electrons. The molecule has 0 bridgehead atoms. The maximum absolute atomic E-state index is 9.63. The molecular weight excluding hydrogens is 216 g/mol. The quantitative estimate of drug-likeness (QED) is 0.716. The second-order valence-electron chi connectivity index (χ2n) is 5.74. The summed E-state index contributed by atoms with van der Waals surface area (Å²) in [5, 5.41) is 13.2. The normalized spacial score (nSPS) is 30.2. The minimum atomic E-state index is -0.161. The molecule has 0 amide bonds. The number of aliphatic hydroxyl groups is 1. The Morgan fingerprint density at radius 1 is 1.47 bits per heavy atom. The first kappa shape index (κ1) is 13.3. The lowest BCUT2D eigenvalue weighted by Gasteiger charge is -2.41. The van der Waals surface area contributed by atoms with Crippen molar-refractivity contribution in [2.75, 3.05) is 32.9 Å². The highest BCUT2D eigenvalue weighted by Gasteiger charge is 2.35. The van der Waals surface area contributed by atoms with E-state index in [-0.39, 0.29) is 12.1 Å². The number of hydrogen-bond acceptors (Lipinski definition) is 4. The number of morpholine rings is 1. The molecule has 2 unspecified atom stereocenters. The highest BCUT2D eigenvalue weighted by Crippen LogP contribution is 2.24. The Bertz CT molecular complexity index is 246. The zero-order valence-electron chi connectivity index (χ0n) is 11.1. The van der Waals surface area contributed by atoms with Crippen LogP contribution in [0.25, 0.3) is 0 Å². The molecule has 1 heterocycles. The first-order chi connectivity index (χ1) is 8.17. The lowest BCUT2D eigenvalue weighted by Crippen LogP contribution is -2.59. The van der Waals surface area contributed by atoms with E-state index in [1.807, 2.05) is 0 Å². The van der Waals surface area contributed by atoms with E-state index >= 15 is 0 Å². The summed E-state index contributed by atoms with van der Waals surface area (Å²) in [5.74, 6) is 0. The molecule has 1 saturated carbocycles. The molecule has 0 aromatic rings. The third-order valence-electron chi connectivity index (χ3n) is 3.85. The van der Waals surface area contributed by atoms with Gasteiger partial charge in [0.25, 0.3) is 0 Å². The van der Waals surface area contributed by atoms with Crippen molar-refractivity contribution in [3.63, 3.8) is 0 Å². The molecule has 2 rings (SSSR count). The summed E-state index contributed by atoms with van der Waals surface area (Å²) >= 11 is 0. The van der Waals surface area contributed by atoms with Gasteiger partial charge in [-0.3, -0.25) is 4.90 Å². The van der Waals surface area contributed by atoms with Crippen LogP contribution in [0.15, 0.2) is 0 Å². The SMILES string of the molecule is CCC1COCCN1CC(C)(CO)NC1CC1. The summed E-state index contributed by atoms with van der Waals surface area (Å²) in [7, 11) is 0. The average Bonchev–Trinajstić information content (AvgIpc) is 3.13. The van der Waals surface area contributed by atoms with Crippen molar-refractivity contribution >= 4 is 0 Å². The Balaban J connectivity index is 1.90. The summed E-state index contributed by atoms with van der Waals surface area (Å²) in [6.45, 7) is 8.10. The van der Waals surface area contributed by atoms with Gasteiger partial charge in [0.15, 0.2) is 0 Å². The van der Waals surface area contributed by atoms with E-state index in [0.717, 1.165) is 32.7 Å². The van der Waals surface area contributed by atoms with Crippen molar-refractivity contribution in [1.29, 1.82) is 0 Å². The van der Waals surface area contributed by atoms with Gasteiger partial charge < -0.3 is 15.2 Å². The fourth-order valence-corrected chi connectivity index (χ4v) is 2.58. The molecule has 1 aliphatic carbocycles. The third-order valence-corrected chi connectivity index (χ3v) is 3.85. The Kier molecular flexibility index (Phi) is 4.42. The molecule has 0 aromatic carbocycles. The van der Waals surface area contributed by atoms with E-state index in [1.165, 1.54) is 12.8 Å². The number of nitrogens with one attached hydrogen (secondary N) is 1. The standard InChI is InChI=1S/C13H26N2O2/c1-3-12-8-17-7-6-15(12)9-13(2,10-16)14-11-4-5-11/h11-12,14,16H,3-10H2,1-2H3. The van der Waals surface area contributed by atoms with Crippen molar-refractivity contribution in [2.45, 2.75) is 50.7 Å². The van der Waals surface area contributed by atoms with Gasteiger partial charge in [-0.25, -0.2) is 0 Å². The van der Waals surface area contributed by atoms with Crippen LogP contribution in [0.4, 0.5) is 0 Å². The second-order valence-corrected chi connectivity index (χ2v) is 5.74. The van der Waals surface area contributed by atoms with Gasteiger partial charge in [0, 0.05) is 25.2 Å². The summed E-state index contributed by atoms with van der Waals surface area (Å²) in [5.41, 5.74) is -0.161. The zero-order valence-corrected chi connectivity index (χ0v) is 11.1. The van der Waals surface area contributed by atoms with Crippen LogP contribution in [-0.4, -0.2) is 60.5 Å². The minimum Gasteiger partial charge on any atom is -0.394 e. The molecule has 2 N–H and O–H groups in total. The highest BCUT2D eigenvalue weighted by atomic mass is 16.5. The number of aliphatic hydroxyl groups excluding tert-OH is 1. The van der Waals surface area contributed by atoms with Crippen molar-refractivity contribution < 1.29 is 9.84 Å². The lowest BCUT2D eigenvalue weighted by molar-refractivity contribution is -0.0255. The lowest BCUT2D eigenvalue weighted by atomic mass is 10.0. The maximum Gasteiger partial charge on any atom is 0.0623 e. The number of hydrogen-bond donors (Lipinski definition) is 2. The predicted molar refractivity (Wildman–Crippen MR) is 68.1 cm³/mol. The van der Waals surface area contributed by atoms with E-state index in [2.05, 4.69) is 24.1 Å². The number of nitrogens with zero attached hydrogens (tertiary/aromatic N) is 1. The van der Waals surface area contributed by atoms with Gasteiger partial charge in [0.2, 0.25) is 0 Å². The zero-order chi connectivity index (χ0) is 12.3. The second kappa shape index (κ2) is 5.65. The first-order valence-electron chi connectivity index (χ1n) is 6.87. The molecule has 17 heavy (non-hydrogen) atoms. The molecule has 0 spiro atoms. The van der Waals surface area contributed by atoms with Crippen molar-refractivity contribution in [3.05, 3.63) is 0 Å². The number of rotatable bonds is 6. The summed E-state index contributed by atoms with van der Waals surface area (Å²) < 4.78 is 5.52. The fourth-order valence-electron chi connectivity index (χ4n) is 2.58. The van der Waals surface area contributed by atoms with E-state index in [0.29, 0.717) is 12.1 Å². The average molecular weight is 242 g/mol. The Morgan fingerprint density at radius 3 is 2.82 bits per heavy atom. The molecular formula is C13H26N2O2. The molecule has 4 nitrogen and oxygen atoms in total. The van der Waals surface area contributed by atoms with Crippen LogP contribution in [0.1, 0.15) is 33.1 Å². The van der Waals surface area contributed by atoms with Crippen LogP contribution in [-0.2, 0) is 4.74 Å². The smallest absolute Gasteiger partial charge is 0.0623 e. The van der Waals surface area contributed by atoms with Gasteiger partial charge in [0.1, 0.15) is 0 Å². The van der Waals surface area contributed by atoms with Crippen molar-refractivity contribution in [3.8, 4) is 0 Å². The molecule has 0 aromatic heterocycles. The van der Waals surface area contributed by atoms with Crippen LogP contribution in [0.5, 0.6) is 0 Å². The molecule has 1 aliphatic heterocycles. The molecule has 100 valence electrons. The maximum atomic E-state index is 9.63. The topological polar surface area (TPSA) is 44.7 Å². The van der Waals surface area contributed by atoms with E-state index in [9.17, 15) is 5.11 Å². The van der Waals surface area contributed by atoms with Gasteiger partial charge in [-0.2, -0.15) is 0 Å². The predicted octanol–water partition coefficient (Wildman–Crippen LogP) is 0.600. The van der Waals surface area contributed by atoms with E-state index in [1.54, 1.807) is 0 Å². The van der Waals surface area contributed by atoms with Crippen LogP contribution < -0.4 is 5.32 Å². The van der Waals surface area contributed by atoms with Crippen LogP contribution in [0, 0.1) is 0 Å². The monoisotopic (exact) mass is 242 g/mol. The summed E-state index contributed by atoms with van der Waals surface area (Å²) in [4.78, 5) is 2.47. The molecule has 2 fully saturated rings. The molecule has 4 heteroatoms. The Labute approximate surface area is 104 Å². The molecule has 2 aliphatic rings. The van der Waals surface area contributed by atoms with Crippen LogP contribution >= 0.6 is 0 Å². The largest absolute Gasteiger partial charge is 0.394 e. The highest BCUT2D eigenvalue weighted by molar-refractivity contribution is 4.95. The first-order valence-corrected chi connectivity index (χ1v) is 6.87. The van der Waals surface area contributed by atoms with Gasteiger partial charge >= 0.3 is 0 Å². The minimum absolute atomic E-state index is 0.161. The summed E-state index contributed by atoms with van der Waals surface area (Å²) in [6.07, 6.45) is 3.64. The van der Waals surface area contributed by atoms with E-state index in [4.69, 9.17) is 4.74 Å². The van der Waals surface area contributed by atoms with E-state index < -0.39 is 0 Å². The summed E-state index contributed by atoms with van der Waals surface area (Å²) in [6, 6.07) is 1.14. The Hall–Kier alpha value is -0.160. The number of ether oxygens (including phenoxy) is 1. The van der Waals surface area contributed by atoms with Crippen LogP contribution in [0.2, 0.25) is 0 Å².